The van der Waals surface area contributed by atoms with Gasteiger partial charge in [0.2, 0.25) is 0 Å². The van der Waals surface area contributed by atoms with E-state index in [0.29, 0.717) is 17.8 Å². The van der Waals surface area contributed by atoms with Crippen molar-refractivity contribution in [2.75, 3.05) is 0 Å². The molecule has 1 unspecified atom stereocenters. The van der Waals surface area contributed by atoms with Gasteiger partial charge in [0.15, 0.2) is 5.76 Å². The summed E-state index contributed by atoms with van der Waals surface area (Å²) in [5.74, 6) is 0.0838. The highest BCUT2D eigenvalue weighted by Gasteiger charge is 2.23. The van der Waals surface area contributed by atoms with Gasteiger partial charge in [-0.3, -0.25) is 9.59 Å². The standard InChI is InChI=1S/C18H17N3O3/c1-21-17(22)10-12-8-13(6-7-14(12)20-21)19-18(23)16-9-11-4-2-3-5-15(11)24-16/h2-5,9-10,13H,6-8H2,1H3,(H,19,23). The quantitative estimate of drug-likeness (QED) is 0.780. The number of hydrogen-bond donors (Lipinski definition) is 1. The summed E-state index contributed by atoms with van der Waals surface area (Å²) in [5.41, 5.74) is 2.42. The van der Waals surface area contributed by atoms with Crippen LogP contribution < -0.4 is 10.9 Å². The van der Waals surface area contributed by atoms with Crippen molar-refractivity contribution in [2.45, 2.75) is 25.3 Å². The predicted molar refractivity (Wildman–Crippen MR) is 89.0 cm³/mol. The number of nitrogens with zero attached hydrogens (tertiary/aromatic N) is 2. The van der Waals surface area contributed by atoms with Crippen molar-refractivity contribution in [1.29, 1.82) is 0 Å². The van der Waals surface area contributed by atoms with Crippen molar-refractivity contribution < 1.29 is 9.21 Å². The molecule has 1 aromatic carbocycles. The summed E-state index contributed by atoms with van der Waals surface area (Å²) in [4.78, 5) is 24.2. The third kappa shape index (κ3) is 2.60. The zero-order valence-electron chi connectivity index (χ0n) is 13.3. The maximum Gasteiger partial charge on any atom is 0.287 e. The summed E-state index contributed by atoms with van der Waals surface area (Å²) in [6.45, 7) is 0. The molecule has 0 saturated carbocycles. The van der Waals surface area contributed by atoms with E-state index in [9.17, 15) is 9.59 Å². The number of carbonyl (C=O) groups is 1. The molecule has 1 aliphatic carbocycles. The fourth-order valence-electron chi connectivity index (χ4n) is 3.16. The molecule has 0 aliphatic heterocycles. The van der Waals surface area contributed by atoms with Gasteiger partial charge in [-0.2, -0.15) is 5.10 Å². The lowest BCUT2D eigenvalue weighted by Crippen LogP contribution is -2.40. The molecule has 6 nitrogen and oxygen atoms in total. The lowest BCUT2D eigenvalue weighted by molar-refractivity contribution is 0.0907. The molecule has 4 rings (SSSR count). The SMILES string of the molecule is Cn1nc2c(cc1=O)CC(NC(=O)c1cc3ccccc3o1)CC2. The molecule has 1 amide bonds. The molecule has 1 atom stereocenters. The Kier molecular flexibility index (Phi) is 3.45. The highest BCUT2D eigenvalue weighted by Crippen LogP contribution is 2.21. The summed E-state index contributed by atoms with van der Waals surface area (Å²) in [5, 5.41) is 8.20. The van der Waals surface area contributed by atoms with Crippen molar-refractivity contribution in [2.24, 2.45) is 7.05 Å². The van der Waals surface area contributed by atoms with Gasteiger partial charge < -0.3 is 9.73 Å². The van der Waals surface area contributed by atoms with Gasteiger partial charge >= 0.3 is 0 Å². The van der Waals surface area contributed by atoms with E-state index in [-0.39, 0.29) is 17.5 Å². The second kappa shape index (κ2) is 5.63. The minimum Gasteiger partial charge on any atom is -0.451 e. The number of furan rings is 1. The topological polar surface area (TPSA) is 77.1 Å². The Hall–Kier alpha value is -2.89. The average Bonchev–Trinajstić information content (AvgIpc) is 3.00. The number of benzene rings is 1. The van der Waals surface area contributed by atoms with E-state index in [4.69, 9.17) is 4.42 Å². The van der Waals surface area contributed by atoms with Crippen LogP contribution in [0.3, 0.4) is 0 Å². The van der Waals surface area contributed by atoms with Gasteiger partial charge in [0.05, 0.1) is 5.69 Å². The molecule has 24 heavy (non-hydrogen) atoms. The number of rotatable bonds is 2. The van der Waals surface area contributed by atoms with E-state index in [1.807, 2.05) is 24.3 Å². The average molecular weight is 323 g/mol. The summed E-state index contributed by atoms with van der Waals surface area (Å²) in [6, 6.07) is 10.9. The summed E-state index contributed by atoms with van der Waals surface area (Å²) < 4.78 is 6.95. The number of carbonyl (C=O) groups excluding carboxylic acids is 1. The van der Waals surface area contributed by atoms with E-state index in [0.717, 1.165) is 29.5 Å². The van der Waals surface area contributed by atoms with E-state index >= 15 is 0 Å². The largest absolute Gasteiger partial charge is 0.451 e. The molecule has 0 fully saturated rings. The Bertz CT molecular complexity index is 954. The van der Waals surface area contributed by atoms with Crippen molar-refractivity contribution in [1.82, 2.24) is 15.1 Å². The molecular weight excluding hydrogens is 306 g/mol. The third-order valence-electron chi connectivity index (χ3n) is 4.44. The molecule has 0 saturated heterocycles. The fourth-order valence-corrected chi connectivity index (χ4v) is 3.16. The third-order valence-corrected chi connectivity index (χ3v) is 4.44. The molecular formula is C18H17N3O3. The molecule has 0 radical (unpaired) electrons. The Labute approximate surface area is 138 Å². The van der Waals surface area contributed by atoms with Crippen LogP contribution in [0.1, 0.15) is 28.2 Å². The molecule has 0 spiro atoms. The van der Waals surface area contributed by atoms with Crippen LogP contribution in [-0.2, 0) is 19.9 Å². The number of aromatic nitrogens is 2. The smallest absolute Gasteiger partial charge is 0.287 e. The number of amides is 1. The molecule has 6 heteroatoms. The van der Waals surface area contributed by atoms with Crippen LogP contribution >= 0.6 is 0 Å². The first-order valence-corrected chi connectivity index (χ1v) is 7.96. The Balaban J connectivity index is 1.52. The normalized spacial score (nSPS) is 16.8. The van der Waals surface area contributed by atoms with Crippen LogP contribution in [0.4, 0.5) is 0 Å². The number of fused-ring (bicyclic) bond motifs is 2. The van der Waals surface area contributed by atoms with Crippen LogP contribution in [0.15, 0.2) is 45.6 Å². The Morgan fingerprint density at radius 2 is 2.17 bits per heavy atom. The molecule has 0 bridgehead atoms. The molecule has 3 aromatic rings. The number of para-hydroxylation sites is 1. The fraction of sp³-hybridized carbons (Fsp3) is 0.278. The van der Waals surface area contributed by atoms with Crippen LogP contribution in [0.25, 0.3) is 11.0 Å². The molecule has 2 heterocycles. The predicted octanol–water partition coefficient (Wildman–Crippen LogP) is 1.81. The van der Waals surface area contributed by atoms with Gasteiger partial charge in [0.1, 0.15) is 5.58 Å². The Morgan fingerprint density at radius 3 is 3.00 bits per heavy atom. The first kappa shape index (κ1) is 14.7. The molecule has 1 N–H and O–H groups in total. The van der Waals surface area contributed by atoms with Gasteiger partial charge in [0.25, 0.3) is 11.5 Å². The minimum absolute atomic E-state index is 0.0212. The van der Waals surface area contributed by atoms with Crippen LogP contribution in [0, 0.1) is 0 Å². The lowest BCUT2D eigenvalue weighted by atomic mass is 9.92. The van der Waals surface area contributed by atoms with E-state index in [1.54, 1.807) is 19.2 Å². The number of nitrogens with one attached hydrogen (secondary N) is 1. The molecule has 122 valence electrons. The molecule has 1 aliphatic rings. The zero-order chi connectivity index (χ0) is 16.7. The van der Waals surface area contributed by atoms with Crippen LogP contribution in [0.5, 0.6) is 0 Å². The van der Waals surface area contributed by atoms with E-state index < -0.39 is 0 Å². The molecule has 2 aromatic heterocycles. The van der Waals surface area contributed by atoms with Crippen molar-refractivity contribution in [3.63, 3.8) is 0 Å². The van der Waals surface area contributed by atoms with Gasteiger partial charge in [-0.25, -0.2) is 4.68 Å². The minimum atomic E-state index is -0.226. The lowest BCUT2D eigenvalue weighted by Gasteiger charge is -2.24. The van der Waals surface area contributed by atoms with Gasteiger partial charge in [-0.1, -0.05) is 18.2 Å². The highest BCUT2D eigenvalue weighted by atomic mass is 16.3. The van der Waals surface area contributed by atoms with Gasteiger partial charge in [-0.15, -0.1) is 0 Å². The van der Waals surface area contributed by atoms with Crippen molar-refractivity contribution in [3.05, 3.63) is 63.8 Å². The highest BCUT2D eigenvalue weighted by molar-refractivity contribution is 5.96. The monoisotopic (exact) mass is 323 g/mol. The van der Waals surface area contributed by atoms with Gasteiger partial charge in [-0.05, 0) is 37.0 Å². The maximum atomic E-state index is 12.4. The van der Waals surface area contributed by atoms with Crippen molar-refractivity contribution in [3.8, 4) is 0 Å². The summed E-state index contributed by atoms with van der Waals surface area (Å²) in [7, 11) is 1.65. The van der Waals surface area contributed by atoms with E-state index in [2.05, 4.69) is 10.4 Å². The van der Waals surface area contributed by atoms with E-state index in [1.165, 1.54) is 4.68 Å². The Morgan fingerprint density at radius 1 is 1.33 bits per heavy atom. The second-order valence-corrected chi connectivity index (χ2v) is 6.14. The zero-order valence-corrected chi connectivity index (χ0v) is 13.3. The maximum absolute atomic E-state index is 12.4. The van der Waals surface area contributed by atoms with Crippen LogP contribution in [-0.4, -0.2) is 21.7 Å². The van der Waals surface area contributed by atoms with Gasteiger partial charge in [0, 0.05) is 24.5 Å². The number of aryl methyl sites for hydroxylation is 2. The van der Waals surface area contributed by atoms with Crippen LogP contribution in [0.2, 0.25) is 0 Å². The summed E-state index contributed by atoms with van der Waals surface area (Å²) in [6.07, 6.45) is 2.16. The first-order valence-electron chi connectivity index (χ1n) is 7.96. The summed E-state index contributed by atoms with van der Waals surface area (Å²) >= 11 is 0. The van der Waals surface area contributed by atoms with Crippen molar-refractivity contribution >= 4 is 16.9 Å². The second-order valence-electron chi connectivity index (χ2n) is 6.14. The first-order chi connectivity index (χ1) is 11.6. The number of hydrogen-bond acceptors (Lipinski definition) is 4.